The number of halogens is 1. The fourth-order valence-corrected chi connectivity index (χ4v) is 2.04. The number of nitrogen functional groups attached to an aromatic ring is 1. The number of hydrogen-bond acceptors (Lipinski definition) is 5. The molecule has 20 heavy (non-hydrogen) atoms. The Hall–Kier alpha value is -2.40. The van der Waals surface area contributed by atoms with E-state index >= 15 is 0 Å². The van der Waals surface area contributed by atoms with Crippen molar-refractivity contribution < 1.29 is 9.15 Å². The number of nitrogens with two attached hydrogens (primary N) is 1. The number of hydrogen-bond donors (Lipinski definition) is 2. The minimum Gasteiger partial charge on any atom is -0.494 e. The first-order chi connectivity index (χ1) is 9.65. The summed E-state index contributed by atoms with van der Waals surface area (Å²) >= 11 is 5.91. The lowest BCUT2D eigenvalue weighted by Gasteiger charge is -2.08. The summed E-state index contributed by atoms with van der Waals surface area (Å²) in [6.07, 6.45) is 0. The molecule has 0 aliphatic heterocycles. The van der Waals surface area contributed by atoms with Crippen molar-refractivity contribution in [2.75, 3.05) is 18.2 Å². The van der Waals surface area contributed by atoms with Gasteiger partial charge in [0.2, 0.25) is 0 Å². The van der Waals surface area contributed by atoms with Crippen molar-refractivity contribution in [3.8, 4) is 5.75 Å². The number of aromatic nitrogens is 1. The van der Waals surface area contributed by atoms with Crippen LogP contribution in [-0.4, -0.2) is 12.1 Å². The molecule has 0 saturated carbocycles. The molecule has 0 aliphatic carbocycles. The number of methoxy groups -OCH3 is 1. The van der Waals surface area contributed by atoms with Crippen LogP contribution in [0.1, 0.15) is 0 Å². The van der Waals surface area contributed by atoms with E-state index in [1.54, 1.807) is 43.5 Å². The van der Waals surface area contributed by atoms with Gasteiger partial charge in [-0.15, -0.1) is 0 Å². The lowest BCUT2D eigenvalue weighted by atomic mass is 10.2. The summed E-state index contributed by atoms with van der Waals surface area (Å²) in [5.74, 6) is 0.616. The van der Waals surface area contributed by atoms with Crippen LogP contribution in [-0.2, 0) is 0 Å². The van der Waals surface area contributed by atoms with Gasteiger partial charge in [-0.25, -0.2) is 0 Å². The zero-order valence-electron chi connectivity index (χ0n) is 10.7. The van der Waals surface area contributed by atoms with Gasteiger partial charge in [0, 0.05) is 22.8 Å². The lowest BCUT2D eigenvalue weighted by molar-refractivity contribution is 0.417. The molecule has 0 unspecified atom stereocenters. The van der Waals surface area contributed by atoms with Gasteiger partial charge in [-0.05, 0) is 24.3 Å². The van der Waals surface area contributed by atoms with Crippen molar-refractivity contribution in [2.45, 2.75) is 0 Å². The van der Waals surface area contributed by atoms with Gasteiger partial charge in [0.05, 0.1) is 12.8 Å². The average molecular weight is 290 g/mol. The molecule has 3 rings (SSSR count). The summed E-state index contributed by atoms with van der Waals surface area (Å²) in [5.41, 5.74) is 8.40. The first kappa shape index (κ1) is 12.6. The Morgan fingerprint density at radius 1 is 1.25 bits per heavy atom. The number of nitrogens with zero attached hydrogens (tertiary/aromatic N) is 1. The summed E-state index contributed by atoms with van der Waals surface area (Å²) in [6.45, 7) is 0. The van der Waals surface area contributed by atoms with Crippen molar-refractivity contribution in [3.05, 3.63) is 41.4 Å². The second-order valence-corrected chi connectivity index (χ2v) is 4.65. The second-order valence-electron chi connectivity index (χ2n) is 4.22. The third kappa shape index (κ3) is 2.35. The first-order valence-corrected chi connectivity index (χ1v) is 6.30. The van der Waals surface area contributed by atoms with E-state index in [1.165, 1.54) is 0 Å². The van der Waals surface area contributed by atoms with Gasteiger partial charge < -0.3 is 20.2 Å². The summed E-state index contributed by atoms with van der Waals surface area (Å²) in [4.78, 5) is 4.32. The summed E-state index contributed by atoms with van der Waals surface area (Å²) < 4.78 is 10.8. The molecule has 2 aromatic carbocycles. The predicted octanol–water partition coefficient (Wildman–Crippen LogP) is 3.82. The van der Waals surface area contributed by atoms with Gasteiger partial charge in [-0.3, -0.25) is 0 Å². The van der Waals surface area contributed by atoms with Crippen LogP contribution in [0.15, 0.2) is 40.8 Å². The van der Waals surface area contributed by atoms with Crippen LogP contribution in [0.5, 0.6) is 5.75 Å². The summed E-state index contributed by atoms with van der Waals surface area (Å²) in [6, 6.07) is 10.9. The smallest absolute Gasteiger partial charge is 0.300 e. The molecule has 0 saturated heterocycles. The minimum atomic E-state index is 0.366. The largest absolute Gasteiger partial charge is 0.494 e. The van der Waals surface area contributed by atoms with E-state index in [2.05, 4.69) is 10.3 Å². The molecule has 102 valence electrons. The first-order valence-electron chi connectivity index (χ1n) is 5.92. The molecule has 6 heteroatoms. The zero-order chi connectivity index (χ0) is 14.1. The van der Waals surface area contributed by atoms with Crippen LogP contribution in [0.4, 0.5) is 17.4 Å². The van der Waals surface area contributed by atoms with Crippen LogP contribution in [0.3, 0.4) is 0 Å². The van der Waals surface area contributed by atoms with Gasteiger partial charge in [0.1, 0.15) is 11.3 Å². The highest BCUT2D eigenvalue weighted by atomic mass is 35.5. The predicted molar refractivity (Wildman–Crippen MR) is 79.7 cm³/mol. The highest BCUT2D eigenvalue weighted by Gasteiger charge is 2.09. The third-order valence-corrected chi connectivity index (χ3v) is 3.05. The van der Waals surface area contributed by atoms with Gasteiger partial charge in [-0.2, -0.15) is 4.98 Å². The van der Waals surface area contributed by atoms with Crippen LogP contribution < -0.4 is 15.8 Å². The number of ether oxygens (including phenoxy) is 1. The Bertz CT molecular complexity index is 770. The molecule has 1 aromatic heterocycles. The maximum Gasteiger partial charge on any atom is 0.300 e. The highest BCUT2D eigenvalue weighted by molar-refractivity contribution is 6.31. The number of anilines is 3. The standard InChI is InChI=1S/C14H12ClN3O2/c1-19-12-7-9(16)3-5-10(12)17-14-18-11-4-2-8(15)6-13(11)20-14/h2-7H,16H2,1H3,(H,17,18). The molecule has 0 bridgehead atoms. The Kier molecular flexibility index (Phi) is 3.12. The van der Waals surface area contributed by atoms with E-state index < -0.39 is 0 Å². The van der Waals surface area contributed by atoms with Crippen LogP contribution in [0.25, 0.3) is 11.1 Å². The van der Waals surface area contributed by atoms with E-state index in [0.717, 1.165) is 11.2 Å². The number of rotatable bonds is 3. The minimum absolute atomic E-state index is 0.366. The summed E-state index contributed by atoms with van der Waals surface area (Å²) in [7, 11) is 1.58. The molecule has 0 amide bonds. The van der Waals surface area contributed by atoms with Crippen molar-refractivity contribution in [3.63, 3.8) is 0 Å². The van der Waals surface area contributed by atoms with Crippen molar-refractivity contribution in [1.82, 2.24) is 4.98 Å². The Morgan fingerprint density at radius 2 is 2.10 bits per heavy atom. The van der Waals surface area contributed by atoms with Crippen LogP contribution >= 0.6 is 11.6 Å². The van der Waals surface area contributed by atoms with Crippen LogP contribution in [0, 0.1) is 0 Å². The van der Waals surface area contributed by atoms with Crippen molar-refractivity contribution in [1.29, 1.82) is 0 Å². The monoisotopic (exact) mass is 289 g/mol. The Morgan fingerprint density at radius 3 is 2.90 bits per heavy atom. The second kappa shape index (κ2) is 4.94. The number of oxazole rings is 1. The van der Waals surface area contributed by atoms with Gasteiger partial charge in [-0.1, -0.05) is 11.6 Å². The molecule has 3 aromatic rings. The molecule has 0 atom stereocenters. The molecule has 0 spiro atoms. The molecule has 3 N–H and O–H groups in total. The summed E-state index contributed by atoms with van der Waals surface area (Å²) in [5, 5.41) is 3.66. The van der Waals surface area contributed by atoms with E-state index in [4.69, 9.17) is 26.5 Å². The maximum absolute atomic E-state index is 5.91. The molecule has 0 aliphatic rings. The molecule has 0 fully saturated rings. The SMILES string of the molecule is COc1cc(N)ccc1Nc1nc2ccc(Cl)cc2o1. The van der Waals surface area contributed by atoms with E-state index in [1.807, 2.05) is 0 Å². The number of nitrogens with one attached hydrogen (secondary N) is 1. The highest BCUT2D eigenvalue weighted by Crippen LogP contribution is 2.31. The van der Waals surface area contributed by atoms with E-state index in [-0.39, 0.29) is 0 Å². The fraction of sp³-hybridized carbons (Fsp3) is 0.0714. The Balaban J connectivity index is 1.96. The zero-order valence-corrected chi connectivity index (χ0v) is 11.4. The number of fused-ring (bicyclic) bond motifs is 1. The third-order valence-electron chi connectivity index (χ3n) is 2.82. The molecular weight excluding hydrogens is 278 g/mol. The lowest BCUT2D eigenvalue weighted by Crippen LogP contribution is -1.96. The average Bonchev–Trinajstić information content (AvgIpc) is 2.82. The van der Waals surface area contributed by atoms with E-state index in [9.17, 15) is 0 Å². The fourth-order valence-electron chi connectivity index (χ4n) is 1.88. The van der Waals surface area contributed by atoms with Gasteiger partial charge in [0.15, 0.2) is 5.58 Å². The topological polar surface area (TPSA) is 73.3 Å². The van der Waals surface area contributed by atoms with Gasteiger partial charge >= 0.3 is 0 Å². The van der Waals surface area contributed by atoms with E-state index in [0.29, 0.717) is 28.1 Å². The molecule has 5 nitrogen and oxygen atoms in total. The molecular formula is C14H12ClN3O2. The quantitative estimate of drug-likeness (QED) is 0.717. The van der Waals surface area contributed by atoms with Gasteiger partial charge in [0.25, 0.3) is 6.01 Å². The van der Waals surface area contributed by atoms with Crippen LogP contribution in [0.2, 0.25) is 5.02 Å². The van der Waals surface area contributed by atoms with Crippen molar-refractivity contribution >= 4 is 40.1 Å². The van der Waals surface area contributed by atoms with Crippen molar-refractivity contribution in [2.24, 2.45) is 0 Å². The Labute approximate surface area is 120 Å². The number of benzene rings is 2. The molecule has 0 radical (unpaired) electrons. The maximum atomic E-state index is 5.91. The normalized spacial score (nSPS) is 10.7. The molecule has 1 heterocycles.